The van der Waals surface area contributed by atoms with E-state index in [0.717, 1.165) is 4.88 Å². The Labute approximate surface area is 111 Å². The number of likely N-dealkylation sites (N-methyl/N-ethyl adjacent to an activating group) is 1. The molecule has 1 unspecified atom stereocenters. The molecule has 0 spiro atoms. The average molecular weight is 269 g/mol. The third-order valence-electron chi connectivity index (χ3n) is 2.99. The molecule has 0 aliphatic carbocycles. The van der Waals surface area contributed by atoms with Crippen molar-refractivity contribution < 1.29 is 14.7 Å². The maximum atomic E-state index is 12.4. The molecular formula is C13H19NO3S. The molecule has 0 saturated heterocycles. The summed E-state index contributed by atoms with van der Waals surface area (Å²) in [5.41, 5.74) is -0.610. The van der Waals surface area contributed by atoms with Gasteiger partial charge in [-0.05, 0) is 25.3 Å². The van der Waals surface area contributed by atoms with E-state index in [0.29, 0.717) is 0 Å². The molecule has 1 rings (SSSR count). The van der Waals surface area contributed by atoms with Crippen molar-refractivity contribution in [3.63, 3.8) is 0 Å². The first-order valence-corrected chi connectivity index (χ1v) is 6.67. The molecule has 1 amide bonds. The number of carboxylic acids is 1. The minimum Gasteiger partial charge on any atom is -0.481 e. The second-order valence-electron chi connectivity index (χ2n) is 5.03. The molecule has 18 heavy (non-hydrogen) atoms. The van der Waals surface area contributed by atoms with Crippen LogP contribution in [-0.2, 0) is 15.0 Å². The predicted molar refractivity (Wildman–Crippen MR) is 71.8 cm³/mol. The number of carbonyl (C=O) groups excluding carboxylic acids is 1. The number of nitrogens with zero attached hydrogens (tertiary/aromatic N) is 1. The highest BCUT2D eigenvalue weighted by molar-refractivity contribution is 7.10. The summed E-state index contributed by atoms with van der Waals surface area (Å²) in [4.78, 5) is 25.6. The first kappa shape index (κ1) is 14.7. The Morgan fingerprint density at radius 1 is 1.50 bits per heavy atom. The van der Waals surface area contributed by atoms with Gasteiger partial charge in [-0.1, -0.05) is 13.0 Å². The van der Waals surface area contributed by atoms with Gasteiger partial charge in [0.1, 0.15) is 0 Å². The Kier molecular flexibility index (Phi) is 4.51. The van der Waals surface area contributed by atoms with Crippen LogP contribution in [0, 0.1) is 5.92 Å². The van der Waals surface area contributed by atoms with E-state index < -0.39 is 17.3 Å². The van der Waals surface area contributed by atoms with E-state index in [4.69, 9.17) is 5.11 Å². The van der Waals surface area contributed by atoms with Gasteiger partial charge in [0.05, 0.1) is 11.3 Å². The minimum absolute atomic E-state index is 0.0574. The van der Waals surface area contributed by atoms with Crippen LogP contribution < -0.4 is 0 Å². The molecule has 5 heteroatoms. The highest BCUT2D eigenvalue weighted by Gasteiger charge is 2.34. The van der Waals surface area contributed by atoms with E-state index in [-0.39, 0.29) is 12.5 Å². The molecule has 0 aromatic carbocycles. The number of hydrogen-bond donors (Lipinski definition) is 1. The fourth-order valence-corrected chi connectivity index (χ4v) is 2.63. The third-order valence-corrected chi connectivity index (χ3v) is 4.18. The maximum Gasteiger partial charge on any atom is 0.308 e. The molecule has 0 fully saturated rings. The molecule has 1 atom stereocenters. The molecule has 0 aliphatic heterocycles. The lowest BCUT2D eigenvalue weighted by Gasteiger charge is -2.29. The zero-order valence-corrected chi connectivity index (χ0v) is 12.0. The second-order valence-corrected chi connectivity index (χ2v) is 5.97. The van der Waals surface area contributed by atoms with Gasteiger partial charge >= 0.3 is 5.97 Å². The van der Waals surface area contributed by atoms with Gasteiger partial charge in [-0.25, -0.2) is 0 Å². The number of amides is 1. The van der Waals surface area contributed by atoms with Crippen molar-refractivity contribution in [1.29, 1.82) is 0 Å². The SMILES string of the molecule is CC(CN(C)C(=O)C(C)(C)c1cccs1)C(=O)O. The lowest BCUT2D eigenvalue weighted by atomic mass is 9.89. The van der Waals surface area contributed by atoms with Crippen LogP contribution in [0.3, 0.4) is 0 Å². The maximum absolute atomic E-state index is 12.4. The number of aliphatic carboxylic acids is 1. The summed E-state index contributed by atoms with van der Waals surface area (Å²) in [5.74, 6) is -1.50. The van der Waals surface area contributed by atoms with Gasteiger partial charge in [-0.15, -0.1) is 11.3 Å². The van der Waals surface area contributed by atoms with Crippen LogP contribution in [0.5, 0.6) is 0 Å². The van der Waals surface area contributed by atoms with Crippen molar-refractivity contribution in [1.82, 2.24) is 4.90 Å². The summed E-state index contributed by atoms with van der Waals surface area (Å²) in [5, 5.41) is 10.8. The Morgan fingerprint density at radius 3 is 2.56 bits per heavy atom. The molecule has 100 valence electrons. The van der Waals surface area contributed by atoms with Crippen LogP contribution in [0.4, 0.5) is 0 Å². The normalized spacial score (nSPS) is 13.1. The fraction of sp³-hybridized carbons (Fsp3) is 0.538. The monoisotopic (exact) mass is 269 g/mol. The Hall–Kier alpha value is -1.36. The number of thiophene rings is 1. The van der Waals surface area contributed by atoms with Crippen molar-refractivity contribution in [3.8, 4) is 0 Å². The van der Waals surface area contributed by atoms with Gasteiger partial charge in [0.15, 0.2) is 0 Å². The van der Waals surface area contributed by atoms with Crippen molar-refractivity contribution in [2.24, 2.45) is 5.92 Å². The number of rotatable bonds is 5. The van der Waals surface area contributed by atoms with Gasteiger partial charge in [-0.3, -0.25) is 9.59 Å². The summed E-state index contributed by atoms with van der Waals surface area (Å²) < 4.78 is 0. The van der Waals surface area contributed by atoms with Gasteiger partial charge < -0.3 is 10.0 Å². The molecule has 1 aromatic heterocycles. The van der Waals surface area contributed by atoms with Crippen LogP contribution in [0.25, 0.3) is 0 Å². The van der Waals surface area contributed by atoms with E-state index in [1.54, 1.807) is 14.0 Å². The average Bonchev–Trinajstić information content (AvgIpc) is 2.81. The quantitative estimate of drug-likeness (QED) is 0.891. The van der Waals surface area contributed by atoms with Gasteiger partial charge in [0.25, 0.3) is 0 Å². The topological polar surface area (TPSA) is 57.6 Å². The van der Waals surface area contributed by atoms with Crippen molar-refractivity contribution >= 4 is 23.2 Å². The smallest absolute Gasteiger partial charge is 0.308 e. The standard InChI is InChI=1S/C13H19NO3S/c1-9(11(15)16)8-14(4)12(17)13(2,3)10-6-5-7-18-10/h5-7,9H,8H2,1-4H3,(H,15,16). The highest BCUT2D eigenvalue weighted by Crippen LogP contribution is 2.29. The van der Waals surface area contributed by atoms with E-state index in [2.05, 4.69) is 0 Å². The molecule has 0 bridgehead atoms. The second kappa shape index (κ2) is 5.52. The summed E-state index contributed by atoms with van der Waals surface area (Å²) in [6.45, 7) is 5.55. The highest BCUT2D eigenvalue weighted by atomic mass is 32.1. The summed E-state index contributed by atoms with van der Waals surface area (Å²) in [6, 6.07) is 3.84. The summed E-state index contributed by atoms with van der Waals surface area (Å²) >= 11 is 1.54. The number of carbonyl (C=O) groups is 2. The lowest BCUT2D eigenvalue weighted by molar-refractivity contribution is -0.143. The molecule has 1 N–H and O–H groups in total. The fourth-order valence-electron chi connectivity index (χ4n) is 1.79. The van der Waals surface area contributed by atoms with E-state index in [1.807, 2.05) is 31.4 Å². The molecule has 0 aliphatic rings. The van der Waals surface area contributed by atoms with Crippen LogP contribution in [0.15, 0.2) is 17.5 Å². The number of hydrogen-bond acceptors (Lipinski definition) is 3. The van der Waals surface area contributed by atoms with Gasteiger partial charge in [-0.2, -0.15) is 0 Å². The van der Waals surface area contributed by atoms with Gasteiger partial charge in [0, 0.05) is 18.5 Å². The Bertz CT molecular complexity index is 425. The number of carboxylic acid groups (broad SMARTS) is 1. The van der Waals surface area contributed by atoms with Crippen LogP contribution in [0.2, 0.25) is 0 Å². The molecular weight excluding hydrogens is 250 g/mol. The van der Waals surface area contributed by atoms with Crippen molar-refractivity contribution in [3.05, 3.63) is 22.4 Å². The Balaban J connectivity index is 2.78. The van der Waals surface area contributed by atoms with E-state index >= 15 is 0 Å². The van der Waals surface area contributed by atoms with Crippen molar-refractivity contribution in [2.75, 3.05) is 13.6 Å². The zero-order chi connectivity index (χ0) is 13.9. The van der Waals surface area contributed by atoms with Crippen molar-refractivity contribution in [2.45, 2.75) is 26.2 Å². The first-order chi connectivity index (χ1) is 8.26. The molecule has 1 heterocycles. The van der Waals surface area contributed by atoms with Crippen LogP contribution in [-0.4, -0.2) is 35.5 Å². The van der Waals surface area contributed by atoms with E-state index in [1.165, 1.54) is 16.2 Å². The van der Waals surface area contributed by atoms with E-state index in [9.17, 15) is 9.59 Å². The van der Waals surface area contributed by atoms with Crippen LogP contribution in [0.1, 0.15) is 25.6 Å². The molecule has 0 radical (unpaired) electrons. The first-order valence-electron chi connectivity index (χ1n) is 5.79. The molecule has 0 saturated carbocycles. The zero-order valence-electron chi connectivity index (χ0n) is 11.1. The minimum atomic E-state index is -0.886. The summed E-state index contributed by atoms with van der Waals surface area (Å²) in [7, 11) is 1.65. The predicted octanol–water partition coefficient (Wildman–Crippen LogP) is 2.20. The van der Waals surface area contributed by atoms with Gasteiger partial charge in [0.2, 0.25) is 5.91 Å². The molecule has 1 aromatic rings. The molecule has 4 nitrogen and oxygen atoms in total. The largest absolute Gasteiger partial charge is 0.481 e. The Morgan fingerprint density at radius 2 is 2.11 bits per heavy atom. The summed E-state index contributed by atoms with van der Waals surface area (Å²) in [6.07, 6.45) is 0. The lowest BCUT2D eigenvalue weighted by Crippen LogP contribution is -2.43. The van der Waals surface area contributed by atoms with Crippen LogP contribution >= 0.6 is 11.3 Å². The third kappa shape index (κ3) is 3.10.